The van der Waals surface area contributed by atoms with E-state index in [9.17, 15) is 9.59 Å². The molecule has 0 bridgehead atoms. The van der Waals surface area contributed by atoms with Crippen molar-refractivity contribution in [3.8, 4) is 0 Å². The van der Waals surface area contributed by atoms with Gasteiger partial charge >= 0.3 is 0 Å². The van der Waals surface area contributed by atoms with Gasteiger partial charge in [-0.25, -0.2) is 0 Å². The fraction of sp³-hybridized carbons (Fsp3) is 0. The van der Waals surface area contributed by atoms with Crippen molar-refractivity contribution >= 4 is 35.0 Å². The van der Waals surface area contributed by atoms with Crippen LogP contribution in [0.2, 0.25) is 0 Å². The Hall–Kier alpha value is -0.740. The number of nitrogens with two attached hydrogens (primary N) is 2. The summed E-state index contributed by atoms with van der Waals surface area (Å²) < 4.78 is 0. The van der Waals surface area contributed by atoms with Crippen LogP contribution in [0.15, 0.2) is 10.1 Å². The number of carbonyl (C=O) groups is 2. The molecule has 0 spiro atoms. The first-order valence-electron chi connectivity index (χ1n) is 2.11. The van der Waals surface area contributed by atoms with E-state index in [1.165, 1.54) is 0 Å². The van der Waals surface area contributed by atoms with Crippen molar-refractivity contribution in [2.24, 2.45) is 11.5 Å². The maximum Gasteiger partial charge on any atom is 0.261 e. The van der Waals surface area contributed by atoms with E-state index in [2.05, 4.69) is 11.5 Å². The standard InChI is InChI=1S/C4H4Cl2N2O2/c5-1(3(7)9)2(6)4(8)10/h(H2,7,9)(H2,8,10)/b2-1+. The van der Waals surface area contributed by atoms with E-state index in [0.29, 0.717) is 0 Å². The minimum absolute atomic E-state index is 0.547. The van der Waals surface area contributed by atoms with Crippen LogP contribution in [0.4, 0.5) is 0 Å². The molecule has 0 aromatic rings. The third-order valence-electron chi connectivity index (χ3n) is 0.625. The van der Waals surface area contributed by atoms with Crippen molar-refractivity contribution in [1.29, 1.82) is 0 Å². The maximum absolute atomic E-state index is 10.2. The normalized spacial score (nSPS) is 12.2. The summed E-state index contributed by atoms with van der Waals surface area (Å²) in [7, 11) is 0. The summed E-state index contributed by atoms with van der Waals surface area (Å²) in [6.45, 7) is 0. The molecule has 0 radical (unpaired) electrons. The van der Waals surface area contributed by atoms with Gasteiger partial charge in [0.1, 0.15) is 10.1 Å². The molecule has 56 valence electrons. The maximum atomic E-state index is 10.2. The van der Waals surface area contributed by atoms with Crippen molar-refractivity contribution in [3.05, 3.63) is 10.1 Å². The summed E-state index contributed by atoms with van der Waals surface area (Å²) >= 11 is 10.3. The zero-order chi connectivity index (χ0) is 8.31. The lowest BCUT2D eigenvalue weighted by atomic mass is 10.4. The lowest BCUT2D eigenvalue weighted by molar-refractivity contribution is -0.116. The van der Waals surface area contributed by atoms with Gasteiger partial charge in [-0.1, -0.05) is 23.2 Å². The molecule has 0 atom stereocenters. The molecule has 6 heteroatoms. The van der Waals surface area contributed by atoms with E-state index in [1.807, 2.05) is 0 Å². The predicted octanol–water partition coefficient (Wildman–Crippen LogP) is -0.354. The lowest BCUT2D eigenvalue weighted by Crippen LogP contribution is -2.17. The van der Waals surface area contributed by atoms with Crippen molar-refractivity contribution in [3.63, 3.8) is 0 Å². The first kappa shape index (κ1) is 9.26. The SMILES string of the molecule is NC(=O)/C(Cl)=C(\Cl)C(N)=O. The Kier molecular flexibility index (Phi) is 3.18. The van der Waals surface area contributed by atoms with Crippen molar-refractivity contribution < 1.29 is 9.59 Å². The monoisotopic (exact) mass is 182 g/mol. The van der Waals surface area contributed by atoms with Crippen LogP contribution in [0.25, 0.3) is 0 Å². The van der Waals surface area contributed by atoms with Crippen LogP contribution in [-0.2, 0) is 9.59 Å². The van der Waals surface area contributed by atoms with Gasteiger partial charge in [-0.2, -0.15) is 0 Å². The molecule has 0 aliphatic heterocycles. The van der Waals surface area contributed by atoms with Gasteiger partial charge in [0, 0.05) is 0 Å². The van der Waals surface area contributed by atoms with Crippen LogP contribution in [0.5, 0.6) is 0 Å². The Labute approximate surface area is 66.8 Å². The van der Waals surface area contributed by atoms with Gasteiger partial charge in [-0.15, -0.1) is 0 Å². The van der Waals surface area contributed by atoms with E-state index in [1.54, 1.807) is 0 Å². The summed E-state index contributed by atoms with van der Waals surface area (Å²) in [5, 5.41) is -1.09. The third kappa shape index (κ3) is 2.24. The first-order chi connectivity index (χ1) is 4.46. The van der Waals surface area contributed by atoms with Gasteiger partial charge in [0.25, 0.3) is 11.8 Å². The number of amides is 2. The van der Waals surface area contributed by atoms with Crippen LogP contribution in [-0.4, -0.2) is 11.8 Å². The molecule has 0 aliphatic carbocycles. The molecule has 0 rings (SSSR count). The van der Waals surface area contributed by atoms with Crippen molar-refractivity contribution in [1.82, 2.24) is 0 Å². The fourth-order valence-corrected chi connectivity index (χ4v) is 0.403. The summed E-state index contributed by atoms with van der Waals surface area (Å²) in [6.07, 6.45) is 0. The highest BCUT2D eigenvalue weighted by atomic mass is 35.5. The second-order valence-electron chi connectivity index (χ2n) is 1.36. The highest BCUT2D eigenvalue weighted by molar-refractivity contribution is 6.53. The molecule has 0 aliphatic rings. The Bertz CT molecular complexity index is 189. The highest BCUT2D eigenvalue weighted by Gasteiger charge is 2.11. The van der Waals surface area contributed by atoms with Crippen LogP contribution in [0.3, 0.4) is 0 Å². The number of halogens is 2. The highest BCUT2D eigenvalue weighted by Crippen LogP contribution is 2.11. The molecule has 0 fully saturated rings. The average molecular weight is 183 g/mol. The molecule has 0 aromatic heterocycles. The Morgan fingerprint density at radius 3 is 1.20 bits per heavy atom. The Morgan fingerprint density at radius 2 is 1.10 bits per heavy atom. The van der Waals surface area contributed by atoms with E-state index in [4.69, 9.17) is 23.2 Å². The minimum atomic E-state index is -0.981. The van der Waals surface area contributed by atoms with E-state index >= 15 is 0 Å². The first-order valence-corrected chi connectivity index (χ1v) is 2.87. The molecule has 0 saturated carbocycles. The van der Waals surface area contributed by atoms with Crippen LogP contribution in [0, 0.1) is 0 Å². The van der Waals surface area contributed by atoms with Gasteiger partial charge in [0.15, 0.2) is 0 Å². The topological polar surface area (TPSA) is 86.2 Å². The van der Waals surface area contributed by atoms with Crippen LogP contribution >= 0.6 is 23.2 Å². The van der Waals surface area contributed by atoms with Crippen LogP contribution in [0.1, 0.15) is 0 Å². The van der Waals surface area contributed by atoms with E-state index in [0.717, 1.165) is 0 Å². The van der Waals surface area contributed by atoms with Crippen LogP contribution < -0.4 is 11.5 Å². The molecule has 0 saturated heterocycles. The fourth-order valence-electron chi connectivity index (χ4n) is 0.216. The van der Waals surface area contributed by atoms with E-state index in [-0.39, 0.29) is 0 Å². The number of hydrogen-bond acceptors (Lipinski definition) is 2. The molecule has 0 heterocycles. The Balaban J connectivity index is 4.67. The minimum Gasteiger partial charge on any atom is -0.365 e. The summed E-state index contributed by atoms with van der Waals surface area (Å²) in [4.78, 5) is 20.4. The number of rotatable bonds is 2. The van der Waals surface area contributed by atoms with Crippen molar-refractivity contribution in [2.45, 2.75) is 0 Å². The molecule has 0 unspecified atom stereocenters. The molecule has 4 nitrogen and oxygen atoms in total. The molecule has 10 heavy (non-hydrogen) atoms. The zero-order valence-electron chi connectivity index (χ0n) is 4.73. The average Bonchev–Trinajstić information content (AvgIpc) is 1.84. The molecule has 0 aromatic carbocycles. The summed E-state index contributed by atoms with van der Waals surface area (Å²) in [6, 6.07) is 0. The number of carbonyl (C=O) groups excluding carboxylic acids is 2. The molecular formula is C4H4Cl2N2O2. The number of hydrogen-bond donors (Lipinski definition) is 2. The zero-order valence-corrected chi connectivity index (χ0v) is 6.24. The van der Waals surface area contributed by atoms with Crippen molar-refractivity contribution in [2.75, 3.05) is 0 Å². The van der Waals surface area contributed by atoms with E-state index < -0.39 is 21.9 Å². The second-order valence-corrected chi connectivity index (χ2v) is 2.11. The molecule has 4 N–H and O–H groups in total. The van der Waals surface area contributed by atoms with Gasteiger partial charge in [-0.3, -0.25) is 9.59 Å². The summed E-state index contributed by atoms with van der Waals surface area (Å²) in [5.74, 6) is -1.96. The lowest BCUT2D eigenvalue weighted by Gasteiger charge is -1.92. The quantitative estimate of drug-likeness (QED) is 0.573. The summed E-state index contributed by atoms with van der Waals surface area (Å²) in [5.41, 5.74) is 9.31. The third-order valence-corrected chi connectivity index (χ3v) is 1.47. The molecular weight excluding hydrogens is 179 g/mol. The van der Waals surface area contributed by atoms with Gasteiger partial charge in [0.2, 0.25) is 0 Å². The smallest absolute Gasteiger partial charge is 0.261 e. The predicted molar refractivity (Wildman–Crippen MR) is 37.1 cm³/mol. The molecule has 2 amide bonds. The van der Waals surface area contributed by atoms with Gasteiger partial charge in [0.05, 0.1) is 0 Å². The largest absolute Gasteiger partial charge is 0.365 e. The second kappa shape index (κ2) is 3.43. The van der Waals surface area contributed by atoms with Gasteiger partial charge < -0.3 is 11.5 Å². The Morgan fingerprint density at radius 1 is 0.900 bits per heavy atom. The number of primary amides is 2. The van der Waals surface area contributed by atoms with Gasteiger partial charge in [-0.05, 0) is 0 Å².